The lowest BCUT2D eigenvalue weighted by Gasteiger charge is -2.24. The summed E-state index contributed by atoms with van der Waals surface area (Å²) in [7, 11) is 4.41. The number of esters is 1. The highest BCUT2D eigenvalue weighted by Crippen LogP contribution is 2.47. The third-order valence-electron chi connectivity index (χ3n) is 9.23. The first-order chi connectivity index (χ1) is 24.6. The first-order valence-electron chi connectivity index (χ1n) is 17.2. The van der Waals surface area contributed by atoms with Gasteiger partial charge in [-0.15, -0.1) is 0 Å². The molecule has 0 saturated carbocycles. The van der Waals surface area contributed by atoms with Crippen LogP contribution in [0.25, 0.3) is 17.0 Å². The monoisotopic (exact) mass is 698 g/mol. The van der Waals surface area contributed by atoms with Gasteiger partial charge in [-0.05, 0) is 79.5 Å². The van der Waals surface area contributed by atoms with Crippen LogP contribution in [0, 0.1) is 0 Å². The number of ether oxygens (including phenoxy) is 4. The van der Waals surface area contributed by atoms with Crippen LogP contribution in [0.5, 0.6) is 28.7 Å². The molecule has 0 saturated heterocycles. The highest BCUT2D eigenvalue weighted by Gasteiger charge is 2.32. The van der Waals surface area contributed by atoms with E-state index in [4.69, 9.17) is 18.9 Å². The van der Waals surface area contributed by atoms with E-state index in [9.17, 15) is 24.6 Å². The van der Waals surface area contributed by atoms with Crippen LogP contribution in [0.15, 0.2) is 60.8 Å². The molecule has 11 nitrogen and oxygen atoms in total. The van der Waals surface area contributed by atoms with Crippen LogP contribution < -0.4 is 19.5 Å². The van der Waals surface area contributed by atoms with Crippen molar-refractivity contribution in [1.82, 2.24) is 9.88 Å². The van der Waals surface area contributed by atoms with Gasteiger partial charge < -0.3 is 39.0 Å². The summed E-state index contributed by atoms with van der Waals surface area (Å²) in [5.41, 5.74) is 1.60. The van der Waals surface area contributed by atoms with Gasteiger partial charge in [0.15, 0.2) is 11.5 Å². The lowest BCUT2D eigenvalue weighted by molar-refractivity contribution is -0.121. The Morgan fingerprint density at radius 2 is 1.73 bits per heavy atom. The summed E-state index contributed by atoms with van der Waals surface area (Å²) in [5.74, 6) is -1.81. The molecule has 0 aliphatic carbocycles. The van der Waals surface area contributed by atoms with Crippen molar-refractivity contribution in [3.63, 3.8) is 0 Å². The number of Topliss-reactive ketones (excluding diaryl/α,β-unsaturated/α-hetero) is 1. The Kier molecular flexibility index (Phi) is 12.3. The van der Waals surface area contributed by atoms with Crippen molar-refractivity contribution in [3.8, 4) is 28.7 Å². The van der Waals surface area contributed by atoms with E-state index in [1.807, 2.05) is 36.5 Å². The number of carbonyl (C=O) groups excluding carboxylic acids is 3. The fourth-order valence-corrected chi connectivity index (χ4v) is 6.62. The number of phenols is 2. The highest BCUT2D eigenvalue weighted by molar-refractivity contribution is 5.98. The molecule has 0 spiro atoms. The molecule has 11 heteroatoms. The average Bonchev–Trinajstić information content (AvgIpc) is 3.52. The number of aromatic hydroxyl groups is 2. The molecule has 2 atom stereocenters. The lowest BCUT2D eigenvalue weighted by Crippen LogP contribution is -2.28. The van der Waals surface area contributed by atoms with E-state index in [1.165, 1.54) is 27.4 Å². The predicted octanol–water partition coefficient (Wildman–Crippen LogP) is 6.90. The first kappa shape index (κ1) is 36.8. The smallest absolute Gasteiger partial charge is 0.342 e. The number of hydrogen-bond acceptors (Lipinski definition) is 9. The number of benzene rings is 3. The van der Waals surface area contributed by atoms with Gasteiger partial charge in [-0.3, -0.25) is 9.59 Å². The summed E-state index contributed by atoms with van der Waals surface area (Å²) in [4.78, 5) is 39.7. The number of nitrogens with zero attached hydrogens (tertiary/aromatic N) is 1. The Labute approximate surface area is 297 Å². The minimum atomic E-state index is -0.968. The maximum atomic E-state index is 13.7. The Morgan fingerprint density at radius 1 is 1.00 bits per heavy atom. The number of nitrogens with one attached hydrogen (secondary N) is 1. The van der Waals surface area contributed by atoms with Gasteiger partial charge in [0, 0.05) is 55.5 Å². The lowest BCUT2D eigenvalue weighted by atomic mass is 9.84. The molecule has 0 bridgehead atoms. The number of amides is 1. The Morgan fingerprint density at radius 3 is 2.45 bits per heavy atom. The predicted molar refractivity (Wildman–Crippen MR) is 194 cm³/mol. The molecule has 3 aromatic carbocycles. The summed E-state index contributed by atoms with van der Waals surface area (Å²) in [6.45, 7) is 2.58. The van der Waals surface area contributed by atoms with Crippen molar-refractivity contribution in [2.75, 3.05) is 27.9 Å². The number of phenolic OH excluding ortho intramolecular Hbond substituents is 2. The quantitative estimate of drug-likeness (QED) is 0.151. The van der Waals surface area contributed by atoms with Crippen LogP contribution in [-0.4, -0.2) is 66.4 Å². The number of para-hydroxylation sites is 1. The van der Waals surface area contributed by atoms with E-state index in [1.54, 1.807) is 31.2 Å². The molecule has 2 heterocycles. The van der Waals surface area contributed by atoms with Crippen molar-refractivity contribution < 1.29 is 43.5 Å². The van der Waals surface area contributed by atoms with Crippen LogP contribution in [0.3, 0.4) is 0 Å². The number of aromatic nitrogens is 1. The van der Waals surface area contributed by atoms with Gasteiger partial charge in [0.2, 0.25) is 11.7 Å². The van der Waals surface area contributed by atoms with Gasteiger partial charge >= 0.3 is 5.97 Å². The number of allylic oxidation sites excluding steroid dienone is 1. The van der Waals surface area contributed by atoms with Crippen molar-refractivity contribution >= 4 is 34.6 Å². The first-order valence-corrected chi connectivity index (χ1v) is 17.2. The van der Waals surface area contributed by atoms with Gasteiger partial charge in [-0.2, -0.15) is 0 Å². The topological polar surface area (TPSA) is 146 Å². The second-order valence-electron chi connectivity index (χ2n) is 12.7. The van der Waals surface area contributed by atoms with Crippen molar-refractivity contribution in [2.24, 2.45) is 0 Å². The highest BCUT2D eigenvalue weighted by atomic mass is 16.5. The number of cyclic esters (lactones) is 1. The van der Waals surface area contributed by atoms with Crippen LogP contribution in [0.4, 0.5) is 0 Å². The fourth-order valence-electron chi connectivity index (χ4n) is 6.62. The summed E-state index contributed by atoms with van der Waals surface area (Å²) < 4.78 is 24.5. The number of hydrogen-bond donors (Lipinski definition) is 3. The van der Waals surface area contributed by atoms with Crippen molar-refractivity contribution in [2.45, 2.75) is 70.4 Å². The molecule has 51 heavy (non-hydrogen) atoms. The van der Waals surface area contributed by atoms with E-state index in [-0.39, 0.29) is 40.6 Å². The van der Waals surface area contributed by atoms with E-state index >= 15 is 0 Å². The van der Waals surface area contributed by atoms with Gasteiger partial charge in [0.25, 0.3) is 0 Å². The molecule has 0 radical (unpaired) electrons. The van der Waals surface area contributed by atoms with Crippen LogP contribution in [-0.2, 0) is 20.9 Å². The van der Waals surface area contributed by atoms with E-state index < -0.39 is 23.7 Å². The van der Waals surface area contributed by atoms with Gasteiger partial charge in [-0.1, -0.05) is 30.4 Å². The largest absolute Gasteiger partial charge is 0.507 e. The second kappa shape index (κ2) is 17.0. The molecule has 0 fully saturated rings. The fraction of sp³-hybridized carbons (Fsp3) is 0.375. The van der Waals surface area contributed by atoms with Gasteiger partial charge in [0.05, 0.1) is 27.4 Å². The molecule has 1 aliphatic heterocycles. The van der Waals surface area contributed by atoms with Gasteiger partial charge in [-0.25, -0.2) is 4.79 Å². The molecular formula is C40H46N2O9. The molecule has 3 N–H and O–H groups in total. The van der Waals surface area contributed by atoms with E-state index in [0.29, 0.717) is 74.4 Å². The number of carbonyl (C=O) groups is 3. The Hall–Kier alpha value is -5.45. The number of rotatable bonds is 10. The van der Waals surface area contributed by atoms with Crippen LogP contribution in [0.2, 0.25) is 0 Å². The summed E-state index contributed by atoms with van der Waals surface area (Å²) in [6, 6.07) is 14.7. The third-order valence-corrected chi connectivity index (χ3v) is 9.23. The van der Waals surface area contributed by atoms with Crippen molar-refractivity contribution in [3.05, 3.63) is 83.1 Å². The average molecular weight is 699 g/mol. The summed E-state index contributed by atoms with van der Waals surface area (Å²) in [6.07, 6.45) is 7.76. The number of methoxy groups -OCH3 is 3. The minimum absolute atomic E-state index is 0.0284. The van der Waals surface area contributed by atoms with E-state index in [2.05, 4.69) is 9.88 Å². The molecule has 1 aromatic heterocycles. The third kappa shape index (κ3) is 8.65. The molecular weight excluding hydrogens is 652 g/mol. The zero-order chi connectivity index (χ0) is 36.5. The molecule has 2 unspecified atom stereocenters. The summed E-state index contributed by atoms with van der Waals surface area (Å²) in [5, 5.41) is 27.6. The molecule has 1 amide bonds. The Balaban J connectivity index is 1.55. The Bertz CT molecular complexity index is 1890. The second-order valence-corrected chi connectivity index (χ2v) is 12.7. The standard InChI is InChI=1S/C40H46N2O9/c1-25-11-10-15-29(43)14-7-5-6-13-27-21-32(44)37(38(46)36(27)40(47)51-25)30(28-22-33(48-2)39(50-4)34(23-28)49-3)24-35(45)41-18-20-42-19-17-26-12-8-9-16-31(26)42/h6,8-9,12-13,16-17,19,21-23,25,30,44,46H,5,7,10-11,14-15,18,20,24H2,1-4H3,(H,41,45). The summed E-state index contributed by atoms with van der Waals surface area (Å²) >= 11 is 0. The molecule has 5 rings (SSSR count). The van der Waals surface area contributed by atoms with Crippen LogP contribution in [0.1, 0.15) is 84.8 Å². The van der Waals surface area contributed by atoms with Crippen LogP contribution >= 0.6 is 0 Å². The SMILES string of the molecule is COc1cc(C(CC(=O)NCCn2ccc3ccccc32)c2c(O)cc3c(c2O)C(=O)OC(C)CCCC(=O)CCCC=C3)cc(OC)c1OC. The van der Waals surface area contributed by atoms with Crippen molar-refractivity contribution in [1.29, 1.82) is 0 Å². The number of fused-ring (bicyclic) bond motifs is 2. The molecule has 1 aliphatic rings. The minimum Gasteiger partial charge on any atom is -0.507 e. The van der Waals surface area contributed by atoms with E-state index in [0.717, 1.165) is 10.9 Å². The molecule has 4 aromatic rings. The number of ketones is 1. The zero-order valence-electron chi connectivity index (χ0n) is 29.6. The zero-order valence-corrected chi connectivity index (χ0v) is 29.6. The maximum absolute atomic E-state index is 13.7. The maximum Gasteiger partial charge on any atom is 0.342 e. The molecule has 270 valence electrons. The van der Waals surface area contributed by atoms with Gasteiger partial charge in [0.1, 0.15) is 22.8 Å². The normalized spacial score (nSPS) is 16.1.